The first-order chi connectivity index (χ1) is 8.31. The first-order valence-electron chi connectivity index (χ1n) is 5.78. The molecule has 3 nitrogen and oxygen atoms in total. The lowest BCUT2D eigenvalue weighted by Gasteiger charge is -2.11. The van der Waals surface area contributed by atoms with Crippen molar-refractivity contribution in [2.75, 3.05) is 18.1 Å². The van der Waals surface area contributed by atoms with Crippen molar-refractivity contribution in [1.29, 1.82) is 0 Å². The minimum absolute atomic E-state index is 0.0201. The highest BCUT2D eigenvalue weighted by molar-refractivity contribution is 14.1. The van der Waals surface area contributed by atoms with Crippen molar-refractivity contribution in [3.05, 3.63) is 23.8 Å². The van der Waals surface area contributed by atoms with Crippen molar-refractivity contribution in [2.45, 2.75) is 25.9 Å². The van der Waals surface area contributed by atoms with E-state index in [-0.39, 0.29) is 6.61 Å². The fourth-order valence-electron chi connectivity index (χ4n) is 1.49. The van der Waals surface area contributed by atoms with Crippen LogP contribution in [0, 0.1) is 0 Å². The molecule has 17 heavy (non-hydrogen) atoms. The summed E-state index contributed by atoms with van der Waals surface area (Å²) in [4.78, 5) is 0. The predicted molar refractivity (Wildman–Crippen MR) is 77.1 cm³/mol. The van der Waals surface area contributed by atoms with Crippen LogP contribution in [0.3, 0.4) is 0 Å². The number of unbranched alkanes of at least 4 members (excludes halogenated alkanes) is 2. The van der Waals surface area contributed by atoms with Crippen LogP contribution in [0.1, 0.15) is 24.8 Å². The van der Waals surface area contributed by atoms with E-state index >= 15 is 0 Å². The van der Waals surface area contributed by atoms with Gasteiger partial charge in [-0.3, -0.25) is 0 Å². The lowest BCUT2D eigenvalue weighted by Crippen LogP contribution is -2.00. The van der Waals surface area contributed by atoms with Gasteiger partial charge < -0.3 is 14.6 Å². The van der Waals surface area contributed by atoms with Crippen LogP contribution >= 0.6 is 22.6 Å². The summed E-state index contributed by atoms with van der Waals surface area (Å²) in [6, 6.07) is 5.51. The first-order valence-corrected chi connectivity index (χ1v) is 7.31. The second-order valence-electron chi connectivity index (χ2n) is 3.74. The molecule has 1 aromatic rings. The number of rotatable bonds is 8. The van der Waals surface area contributed by atoms with E-state index in [0.29, 0.717) is 12.4 Å². The van der Waals surface area contributed by atoms with Gasteiger partial charge >= 0.3 is 0 Å². The smallest absolute Gasteiger partial charge is 0.161 e. The number of alkyl halides is 1. The summed E-state index contributed by atoms with van der Waals surface area (Å²) in [5.74, 6) is 1.43. The van der Waals surface area contributed by atoms with Gasteiger partial charge in [-0.25, -0.2) is 0 Å². The monoisotopic (exact) mass is 350 g/mol. The third-order valence-electron chi connectivity index (χ3n) is 2.45. The number of halogens is 1. The molecule has 0 amide bonds. The molecule has 0 aromatic heterocycles. The van der Waals surface area contributed by atoms with E-state index in [0.717, 1.165) is 17.7 Å². The summed E-state index contributed by atoms with van der Waals surface area (Å²) >= 11 is 2.39. The van der Waals surface area contributed by atoms with Gasteiger partial charge in [0, 0.05) is 0 Å². The van der Waals surface area contributed by atoms with Gasteiger partial charge in [0.2, 0.25) is 0 Å². The quantitative estimate of drug-likeness (QED) is 0.445. The van der Waals surface area contributed by atoms with Crippen LogP contribution in [0.25, 0.3) is 0 Å². The summed E-state index contributed by atoms with van der Waals surface area (Å²) < 4.78 is 12.1. The van der Waals surface area contributed by atoms with Gasteiger partial charge in [-0.1, -0.05) is 28.7 Å². The molecule has 0 fully saturated rings. The van der Waals surface area contributed by atoms with E-state index in [1.807, 2.05) is 12.1 Å². The number of aliphatic hydroxyl groups is 1. The van der Waals surface area contributed by atoms with Gasteiger partial charge in [-0.05, 0) is 41.4 Å². The van der Waals surface area contributed by atoms with Crippen LogP contribution in [0.2, 0.25) is 0 Å². The number of hydrogen-bond acceptors (Lipinski definition) is 3. The maximum atomic E-state index is 9.02. The van der Waals surface area contributed by atoms with Crippen LogP contribution in [-0.2, 0) is 6.61 Å². The van der Waals surface area contributed by atoms with E-state index in [4.69, 9.17) is 14.6 Å². The van der Waals surface area contributed by atoms with E-state index in [2.05, 4.69) is 22.6 Å². The second kappa shape index (κ2) is 8.58. The summed E-state index contributed by atoms with van der Waals surface area (Å²) in [7, 11) is 1.61. The largest absolute Gasteiger partial charge is 0.493 e. The van der Waals surface area contributed by atoms with E-state index in [1.165, 1.54) is 17.3 Å². The molecule has 0 spiro atoms. The average molecular weight is 350 g/mol. The molecule has 0 aliphatic rings. The second-order valence-corrected chi connectivity index (χ2v) is 4.82. The van der Waals surface area contributed by atoms with Crippen LogP contribution in [0.5, 0.6) is 11.5 Å². The third kappa shape index (κ3) is 5.12. The fourth-order valence-corrected chi connectivity index (χ4v) is 2.02. The standard InChI is InChI=1S/C13H19IO3/c1-16-13-9-11(10-15)5-6-12(13)17-8-4-2-3-7-14/h5-6,9,15H,2-4,7-8,10H2,1H3. The van der Waals surface area contributed by atoms with Crippen LogP contribution < -0.4 is 9.47 Å². The van der Waals surface area contributed by atoms with Crippen molar-refractivity contribution in [3.8, 4) is 11.5 Å². The Hall–Kier alpha value is -0.490. The topological polar surface area (TPSA) is 38.7 Å². The molecule has 1 N–H and O–H groups in total. The molecular formula is C13H19IO3. The highest BCUT2D eigenvalue weighted by Gasteiger charge is 2.05. The number of aliphatic hydroxyl groups excluding tert-OH is 1. The van der Waals surface area contributed by atoms with Crippen molar-refractivity contribution < 1.29 is 14.6 Å². The Balaban J connectivity index is 2.46. The Labute approximate surface area is 116 Å². The average Bonchev–Trinajstić information content (AvgIpc) is 2.38. The van der Waals surface area contributed by atoms with Gasteiger partial charge in [-0.2, -0.15) is 0 Å². The molecule has 4 heteroatoms. The summed E-state index contributed by atoms with van der Waals surface area (Å²) in [6.07, 6.45) is 3.50. The Morgan fingerprint density at radius 1 is 1.18 bits per heavy atom. The van der Waals surface area contributed by atoms with Crippen molar-refractivity contribution in [3.63, 3.8) is 0 Å². The molecule has 96 valence electrons. The SMILES string of the molecule is COc1cc(CO)ccc1OCCCCCI. The highest BCUT2D eigenvalue weighted by atomic mass is 127. The molecule has 0 saturated heterocycles. The molecule has 1 rings (SSSR count). The molecular weight excluding hydrogens is 331 g/mol. The lowest BCUT2D eigenvalue weighted by molar-refractivity contribution is 0.275. The zero-order valence-corrected chi connectivity index (χ0v) is 12.3. The van der Waals surface area contributed by atoms with Gasteiger partial charge in [0.1, 0.15) is 0 Å². The normalized spacial score (nSPS) is 10.3. The van der Waals surface area contributed by atoms with Crippen LogP contribution in [0.4, 0.5) is 0 Å². The molecule has 0 unspecified atom stereocenters. The molecule has 0 heterocycles. The number of hydrogen-bond donors (Lipinski definition) is 1. The predicted octanol–water partition coefficient (Wildman–Crippen LogP) is 3.17. The molecule has 0 aliphatic carbocycles. The van der Waals surface area contributed by atoms with Gasteiger partial charge in [0.05, 0.1) is 20.3 Å². The maximum Gasteiger partial charge on any atom is 0.161 e. The van der Waals surface area contributed by atoms with E-state index in [1.54, 1.807) is 13.2 Å². The Kier molecular flexibility index (Phi) is 7.35. The third-order valence-corrected chi connectivity index (χ3v) is 3.21. The van der Waals surface area contributed by atoms with E-state index in [9.17, 15) is 0 Å². The highest BCUT2D eigenvalue weighted by Crippen LogP contribution is 2.28. The van der Waals surface area contributed by atoms with Crippen molar-refractivity contribution in [1.82, 2.24) is 0 Å². The molecule has 1 aromatic carbocycles. The molecule has 0 bridgehead atoms. The zero-order valence-electron chi connectivity index (χ0n) is 10.1. The lowest BCUT2D eigenvalue weighted by atomic mass is 10.2. The maximum absolute atomic E-state index is 9.02. The van der Waals surface area contributed by atoms with Gasteiger partial charge in [0.15, 0.2) is 11.5 Å². The van der Waals surface area contributed by atoms with E-state index < -0.39 is 0 Å². The summed E-state index contributed by atoms with van der Waals surface area (Å²) in [6.45, 7) is 0.734. The molecule has 0 radical (unpaired) electrons. The fraction of sp³-hybridized carbons (Fsp3) is 0.538. The molecule has 0 aliphatic heterocycles. The van der Waals surface area contributed by atoms with Gasteiger partial charge in [0.25, 0.3) is 0 Å². The van der Waals surface area contributed by atoms with Crippen LogP contribution in [0.15, 0.2) is 18.2 Å². The van der Waals surface area contributed by atoms with Crippen LogP contribution in [-0.4, -0.2) is 23.3 Å². The summed E-state index contributed by atoms with van der Waals surface area (Å²) in [5, 5.41) is 9.02. The van der Waals surface area contributed by atoms with Crippen molar-refractivity contribution >= 4 is 22.6 Å². The zero-order chi connectivity index (χ0) is 12.5. The minimum atomic E-state index is 0.0201. The number of ether oxygens (including phenoxy) is 2. The first kappa shape index (κ1) is 14.6. The Morgan fingerprint density at radius 2 is 2.00 bits per heavy atom. The van der Waals surface area contributed by atoms with Crippen molar-refractivity contribution in [2.24, 2.45) is 0 Å². The molecule has 0 saturated carbocycles. The summed E-state index contributed by atoms with van der Waals surface area (Å²) in [5.41, 5.74) is 0.833. The Morgan fingerprint density at radius 3 is 2.65 bits per heavy atom. The minimum Gasteiger partial charge on any atom is -0.493 e. The number of benzene rings is 1. The van der Waals surface area contributed by atoms with Gasteiger partial charge in [-0.15, -0.1) is 0 Å². The molecule has 0 atom stereocenters. The number of methoxy groups -OCH3 is 1. The Bertz CT molecular complexity index is 328.